The number of nitrogens with zero attached hydrogens (tertiary/aromatic N) is 1. The third kappa shape index (κ3) is 4.33. The zero-order valence-electron chi connectivity index (χ0n) is 11.2. The number of nitro groups is 1. The largest absolute Gasteiger partial charge is 0.573 e. The van der Waals surface area contributed by atoms with Gasteiger partial charge in [-0.3, -0.25) is 10.1 Å². The van der Waals surface area contributed by atoms with Gasteiger partial charge in [0.15, 0.2) is 0 Å². The van der Waals surface area contributed by atoms with E-state index in [0.717, 1.165) is 18.2 Å². The van der Waals surface area contributed by atoms with E-state index in [0.29, 0.717) is 0 Å². The molecule has 0 heterocycles. The van der Waals surface area contributed by atoms with Gasteiger partial charge in [0.2, 0.25) is 0 Å². The van der Waals surface area contributed by atoms with E-state index < -0.39 is 23.1 Å². The molecular weight excluding hydrogens is 339 g/mol. The van der Waals surface area contributed by atoms with E-state index in [1.54, 1.807) is 0 Å². The van der Waals surface area contributed by atoms with Gasteiger partial charge in [0.05, 0.1) is 4.92 Å². The second-order valence-corrected chi connectivity index (χ2v) is 4.89. The molecule has 1 N–H and O–H groups in total. The Morgan fingerprint density at radius 3 is 2.22 bits per heavy atom. The van der Waals surface area contributed by atoms with Crippen molar-refractivity contribution >= 4 is 17.3 Å². The number of aliphatic hydroxyl groups excluding tert-OH is 1. The summed E-state index contributed by atoms with van der Waals surface area (Å²) in [5.74, 6) is -0.435. The van der Waals surface area contributed by atoms with E-state index in [-0.39, 0.29) is 21.8 Å². The Labute approximate surface area is 133 Å². The molecule has 1 unspecified atom stereocenters. The van der Waals surface area contributed by atoms with Crippen LogP contribution in [0.25, 0.3) is 0 Å². The van der Waals surface area contributed by atoms with E-state index in [1.165, 1.54) is 24.3 Å². The van der Waals surface area contributed by atoms with Crippen LogP contribution >= 0.6 is 11.6 Å². The highest BCUT2D eigenvalue weighted by molar-refractivity contribution is 6.32. The topological polar surface area (TPSA) is 72.6 Å². The summed E-state index contributed by atoms with van der Waals surface area (Å²) in [5, 5.41) is 20.9. The summed E-state index contributed by atoms with van der Waals surface area (Å²) in [7, 11) is 0. The number of hydrogen-bond donors (Lipinski definition) is 1. The minimum atomic E-state index is -4.81. The molecule has 0 aliphatic carbocycles. The lowest BCUT2D eigenvalue weighted by Crippen LogP contribution is -2.17. The van der Waals surface area contributed by atoms with Crippen molar-refractivity contribution in [1.29, 1.82) is 0 Å². The highest BCUT2D eigenvalue weighted by Gasteiger charge is 2.31. The SMILES string of the molecule is O=[N+]([O-])c1cc(C(O)c2ccc(OC(F)(F)F)cc2)ccc1Cl. The number of ether oxygens (including phenoxy) is 1. The Kier molecular flexibility index (Phi) is 4.76. The predicted molar refractivity (Wildman–Crippen MR) is 75.3 cm³/mol. The fourth-order valence-electron chi connectivity index (χ4n) is 1.88. The van der Waals surface area contributed by atoms with Gasteiger partial charge in [0, 0.05) is 6.07 Å². The fraction of sp³-hybridized carbons (Fsp3) is 0.143. The van der Waals surface area contributed by atoms with Gasteiger partial charge >= 0.3 is 6.36 Å². The van der Waals surface area contributed by atoms with Crippen molar-refractivity contribution in [2.45, 2.75) is 12.5 Å². The molecule has 0 saturated heterocycles. The van der Waals surface area contributed by atoms with E-state index in [2.05, 4.69) is 4.74 Å². The highest BCUT2D eigenvalue weighted by atomic mass is 35.5. The Morgan fingerprint density at radius 2 is 1.70 bits per heavy atom. The number of alkyl halides is 3. The molecule has 9 heteroatoms. The summed E-state index contributed by atoms with van der Waals surface area (Å²) in [6, 6.07) is 8.29. The molecule has 0 aromatic heterocycles. The van der Waals surface area contributed by atoms with Gasteiger partial charge in [0.1, 0.15) is 16.9 Å². The monoisotopic (exact) mass is 347 g/mol. The van der Waals surface area contributed by atoms with Crippen molar-refractivity contribution in [3.8, 4) is 5.75 Å². The minimum Gasteiger partial charge on any atom is -0.406 e. The van der Waals surface area contributed by atoms with Crippen LogP contribution in [-0.4, -0.2) is 16.4 Å². The summed E-state index contributed by atoms with van der Waals surface area (Å²) in [6.45, 7) is 0. The molecule has 0 aliphatic rings. The predicted octanol–water partition coefficient (Wildman–Crippen LogP) is 4.23. The average molecular weight is 348 g/mol. The molecule has 0 radical (unpaired) electrons. The lowest BCUT2D eigenvalue weighted by Gasteiger charge is -2.13. The molecule has 0 spiro atoms. The first-order valence-electron chi connectivity index (χ1n) is 6.15. The van der Waals surface area contributed by atoms with E-state index in [4.69, 9.17) is 11.6 Å². The summed E-state index contributed by atoms with van der Waals surface area (Å²) in [6.07, 6.45) is -6.07. The molecule has 1 atom stereocenters. The second kappa shape index (κ2) is 6.43. The fourth-order valence-corrected chi connectivity index (χ4v) is 2.07. The van der Waals surface area contributed by atoms with Gasteiger partial charge in [-0.1, -0.05) is 29.8 Å². The van der Waals surface area contributed by atoms with Crippen LogP contribution in [0.3, 0.4) is 0 Å². The molecule has 2 aromatic rings. The van der Waals surface area contributed by atoms with Crippen LogP contribution in [0, 0.1) is 10.1 Å². The first kappa shape index (κ1) is 17.0. The van der Waals surface area contributed by atoms with Crippen LogP contribution in [0.2, 0.25) is 5.02 Å². The molecule has 0 aliphatic heterocycles. The molecule has 0 bridgehead atoms. The van der Waals surface area contributed by atoms with Crippen LogP contribution in [0.15, 0.2) is 42.5 Å². The summed E-state index contributed by atoms with van der Waals surface area (Å²) in [4.78, 5) is 10.1. The van der Waals surface area contributed by atoms with Crippen LogP contribution in [0.1, 0.15) is 17.2 Å². The standard InChI is InChI=1S/C14H9ClF3NO4/c15-11-6-3-9(7-12(11)19(21)22)13(20)8-1-4-10(5-2-8)23-14(16,17)18/h1-7,13,20H. The van der Waals surface area contributed by atoms with Crippen molar-refractivity contribution in [2.24, 2.45) is 0 Å². The number of halogens is 4. The maximum Gasteiger partial charge on any atom is 0.573 e. The van der Waals surface area contributed by atoms with Crippen LogP contribution < -0.4 is 4.74 Å². The summed E-state index contributed by atoms with van der Waals surface area (Å²) >= 11 is 5.68. The second-order valence-electron chi connectivity index (χ2n) is 4.49. The lowest BCUT2D eigenvalue weighted by atomic mass is 10.0. The maximum atomic E-state index is 12.1. The Hall–Kier alpha value is -2.32. The van der Waals surface area contributed by atoms with Crippen molar-refractivity contribution in [2.75, 3.05) is 0 Å². The van der Waals surface area contributed by atoms with Crippen molar-refractivity contribution in [3.05, 3.63) is 68.7 Å². The molecule has 0 amide bonds. The molecule has 2 rings (SSSR count). The number of benzene rings is 2. The van der Waals surface area contributed by atoms with E-state index >= 15 is 0 Å². The van der Waals surface area contributed by atoms with Crippen molar-refractivity contribution in [1.82, 2.24) is 0 Å². The molecule has 122 valence electrons. The van der Waals surface area contributed by atoms with Crippen LogP contribution in [0.4, 0.5) is 18.9 Å². The van der Waals surface area contributed by atoms with E-state index in [1.807, 2.05) is 0 Å². The maximum absolute atomic E-state index is 12.1. The molecule has 5 nitrogen and oxygen atoms in total. The smallest absolute Gasteiger partial charge is 0.406 e. The summed E-state index contributed by atoms with van der Waals surface area (Å²) in [5.41, 5.74) is 0.0574. The van der Waals surface area contributed by atoms with Gasteiger partial charge in [-0.15, -0.1) is 13.2 Å². The van der Waals surface area contributed by atoms with Gasteiger partial charge in [-0.25, -0.2) is 0 Å². The number of rotatable bonds is 4. The quantitative estimate of drug-likeness (QED) is 0.663. The van der Waals surface area contributed by atoms with Crippen molar-refractivity contribution < 1.29 is 27.9 Å². The Morgan fingerprint density at radius 1 is 1.13 bits per heavy atom. The number of nitro benzene ring substituents is 1. The normalized spacial score (nSPS) is 12.7. The first-order valence-corrected chi connectivity index (χ1v) is 6.53. The molecule has 23 heavy (non-hydrogen) atoms. The van der Waals surface area contributed by atoms with Crippen molar-refractivity contribution in [3.63, 3.8) is 0 Å². The zero-order chi connectivity index (χ0) is 17.2. The number of hydrogen-bond acceptors (Lipinski definition) is 4. The van der Waals surface area contributed by atoms with Gasteiger partial charge < -0.3 is 9.84 Å². The minimum absolute atomic E-state index is 0.0834. The van der Waals surface area contributed by atoms with Gasteiger partial charge in [-0.05, 0) is 29.3 Å². The lowest BCUT2D eigenvalue weighted by molar-refractivity contribution is -0.384. The molecular formula is C14H9ClF3NO4. The molecule has 0 fully saturated rings. The molecule has 0 saturated carbocycles. The van der Waals surface area contributed by atoms with Crippen LogP contribution in [0.5, 0.6) is 5.75 Å². The summed E-state index contributed by atoms with van der Waals surface area (Å²) < 4.78 is 39.9. The zero-order valence-corrected chi connectivity index (χ0v) is 12.0. The third-order valence-corrected chi connectivity index (χ3v) is 3.23. The molecule has 2 aromatic carbocycles. The average Bonchev–Trinajstić information content (AvgIpc) is 2.46. The Balaban J connectivity index is 2.25. The number of aliphatic hydroxyl groups is 1. The van der Waals surface area contributed by atoms with E-state index in [9.17, 15) is 28.4 Å². The first-order chi connectivity index (χ1) is 10.7. The van der Waals surface area contributed by atoms with Crippen LogP contribution in [-0.2, 0) is 0 Å². The van der Waals surface area contributed by atoms with Gasteiger partial charge in [-0.2, -0.15) is 0 Å². The Bertz CT molecular complexity index is 719. The van der Waals surface area contributed by atoms with Gasteiger partial charge in [0.25, 0.3) is 5.69 Å². The third-order valence-electron chi connectivity index (χ3n) is 2.91. The highest BCUT2D eigenvalue weighted by Crippen LogP contribution is 2.31.